The minimum Gasteiger partial charge on any atom is -0.372 e. The Morgan fingerprint density at radius 1 is 1.70 bits per heavy atom. The third-order valence-corrected chi connectivity index (χ3v) is 1.46. The third kappa shape index (κ3) is 1.59. The van der Waals surface area contributed by atoms with Crippen LogP contribution in [0.5, 0.6) is 0 Å². The van der Waals surface area contributed by atoms with Gasteiger partial charge in [-0.1, -0.05) is 6.08 Å². The van der Waals surface area contributed by atoms with Crippen molar-refractivity contribution in [2.45, 2.75) is 19.1 Å². The van der Waals surface area contributed by atoms with Gasteiger partial charge in [0, 0.05) is 12.2 Å². The fraction of sp³-hybridized carbons (Fsp3) is 0.429. The van der Waals surface area contributed by atoms with Gasteiger partial charge in [-0.15, -0.1) is 0 Å². The summed E-state index contributed by atoms with van der Waals surface area (Å²) in [6.07, 6.45) is 5.64. The van der Waals surface area contributed by atoms with Crippen molar-refractivity contribution in [2.24, 2.45) is 11.5 Å². The van der Waals surface area contributed by atoms with Crippen LogP contribution in [0.4, 0.5) is 0 Å². The molecule has 0 fully saturated rings. The molecule has 0 aromatic rings. The van der Waals surface area contributed by atoms with Gasteiger partial charge in [-0.3, -0.25) is 0 Å². The zero-order valence-corrected chi connectivity index (χ0v) is 6.04. The highest BCUT2D eigenvalue weighted by atomic mass is 15.0. The first-order chi connectivity index (χ1) is 4.70. The molecule has 0 bridgehead atoms. The van der Waals surface area contributed by atoms with E-state index in [-0.39, 0.29) is 12.2 Å². The fourth-order valence-corrected chi connectivity index (χ4v) is 0.794. The van der Waals surface area contributed by atoms with E-state index in [0.29, 0.717) is 0 Å². The standard InChI is InChI=1S/C7H13N3/c1-5(8)6-2-3-7(9)10-4-6/h2-5,7,10H,8-9H2,1H3. The first kappa shape index (κ1) is 7.31. The molecule has 1 heterocycles. The minimum atomic E-state index is -0.0532. The monoisotopic (exact) mass is 139 g/mol. The van der Waals surface area contributed by atoms with Crippen molar-refractivity contribution >= 4 is 0 Å². The van der Waals surface area contributed by atoms with Gasteiger partial charge in [-0.25, -0.2) is 0 Å². The van der Waals surface area contributed by atoms with Crippen LogP contribution in [0, 0.1) is 0 Å². The molecule has 2 unspecified atom stereocenters. The number of hydrogen-bond donors (Lipinski definition) is 3. The Balaban J connectivity index is 2.59. The Hall–Kier alpha value is -0.800. The van der Waals surface area contributed by atoms with Crippen molar-refractivity contribution in [3.05, 3.63) is 23.9 Å². The van der Waals surface area contributed by atoms with Gasteiger partial charge in [-0.2, -0.15) is 0 Å². The number of dihydropyridines is 1. The van der Waals surface area contributed by atoms with Crippen LogP contribution < -0.4 is 16.8 Å². The molecule has 0 saturated carbocycles. The summed E-state index contributed by atoms with van der Waals surface area (Å²) in [5.74, 6) is 0. The highest BCUT2D eigenvalue weighted by Gasteiger charge is 2.04. The van der Waals surface area contributed by atoms with Crippen LogP contribution in [-0.4, -0.2) is 12.2 Å². The van der Waals surface area contributed by atoms with Crippen LogP contribution in [0.1, 0.15) is 6.92 Å². The maximum atomic E-state index is 5.61. The zero-order chi connectivity index (χ0) is 7.56. The van der Waals surface area contributed by atoms with Crippen LogP contribution in [0.15, 0.2) is 23.9 Å². The number of rotatable bonds is 1. The summed E-state index contributed by atoms with van der Waals surface area (Å²) in [5.41, 5.74) is 12.2. The van der Waals surface area contributed by atoms with Crippen molar-refractivity contribution in [2.75, 3.05) is 0 Å². The van der Waals surface area contributed by atoms with Gasteiger partial charge in [0.2, 0.25) is 0 Å². The van der Waals surface area contributed by atoms with Crippen molar-refractivity contribution < 1.29 is 0 Å². The molecule has 3 nitrogen and oxygen atoms in total. The summed E-state index contributed by atoms with van der Waals surface area (Å²) >= 11 is 0. The molecular formula is C7H13N3. The molecule has 0 aromatic heterocycles. The summed E-state index contributed by atoms with van der Waals surface area (Å²) in [5, 5.41) is 2.96. The summed E-state index contributed by atoms with van der Waals surface area (Å²) < 4.78 is 0. The molecule has 1 rings (SSSR count). The largest absolute Gasteiger partial charge is 0.372 e. The molecule has 0 amide bonds. The molecule has 0 spiro atoms. The maximum Gasteiger partial charge on any atom is 0.0934 e. The lowest BCUT2D eigenvalue weighted by molar-refractivity contribution is 0.706. The van der Waals surface area contributed by atoms with Crippen molar-refractivity contribution in [3.8, 4) is 0 Å². The molecular weight excluding hydrogens is 126 g/mol. The molecule has 56 valence electrons. The number of nitrogens with two attached hydrogens (primary N) is 2. The molecule has 0 saturated heterocycles. The summed E-state index contributed by atoms with van der Waals surface area (Å²) in [6.45, 7) is 1.94. The van der Waals surface area contributed by atoms with Crippen LogP contribution in [0.2, 0.25) is 0 Å². The van der Waals surface area contributed by atoms with Gasteiger partial charge in [0.15, 0.2) is 0 Å². The van der Waals surface area contributed by atoms with Gasteiger partial charge >= 0.3 is 0 Å². The van der Waals surface area contributed by atoms with Gasteiger partial charge < -0.3 is 16.8 Å². The van der Waals surface area contributed by atoms with E-state index in [1.54, 1.807) is 0 Å². The van der Waals surface area contributed by atoms with E-state index < -0.39 is 0 Å². The molecule has 0 aliphatic carbocycles. The fourth-order valence-electron chi connectivity index (χ4n) is 0.794. The van der Waals surface area contributed by atoms with Crippen LogP contribution in [0.25, 0.3) is 0 Å². The lowest BCUT2D eigenvalue weighted by atomic mass is 10.1. The van der Waals surface area contributed by atoms with Crippen molar-refractivity contribution in [1.29, 1.82) is 0 Å². The Labute approximate surface area is 60.8 Å². The summed E-state index contributed by atoms with van der Waals surface area (Å²) in [4.78, 5) is 0. The predicted octanol–water partition coefficient (Wildman–Crippen LogP) is -0.338. The zero-order valence-electron chi connectivity index (χ0n) is 6.04. The number of nitrogens with one attached hydrogen (secondary N) is 1. The topological polar surface area (TPSA) is 64.1 Å². The Kier molecular flexibility index (Phi) is 2.09. The van der Waals surface area contributed by atoms with E-state index in [1.807, 2.05) is 25.3 Å². The molecule has 0 aromatic carbocycles. The van der Waals surface area contributed by atoms with Crippen molar-refractivity contribution in [1.82, 2.24) is 5.32 Å². The second kappa shape index (κ2) is 2.86. The van der Waals surface area contributed by atoms with E-state index in [4.69, 9.17) is 11.5 Å². The van der Waals surface area contributed by atoms with Crippen LogP contribution in [-0.2, 0) is 0 Å². The highest BCUT2D eigenvalue weighted by Crippen LogP contribution is 2.04. The molecule has 1 aliphatic heterocycles. The van der Waals surface area contributed by atoms with E-state index in [0.717, 1.165) is 5.57 Å². The second-order valence-corrected chi connectivity index (χ2v) is 2.48. The van der Waals surface area contributed by atoms with E-state index >= 15 is 0 Å². The van der Waals surface area contributed by atoms with Crippen LogP contribution in [0.3, 0.4) is 0 Å². The molecule has 5 N–H and O–H groups in total. The van der Waals surface area contributed by atoms with Gasteiger partial charge in [0.1, 0.15) is 0 Å². The summed E-state index contributed by atoms with van der Waals surface area (Å²) in [7, 11) is 0. The second-order valence-electron chi connectivity index (χ2n) is 2.48. The normalized spacial score (nSPS) is 27.1. The smallest absolute Gasteiger partial charge is 0.0934 e. The first-order valence-corrected chi connectivity index (χ1v) is 3.35. The molecule has 3 heteroatoms. The molecule has 10 heavy (non-hydrogen) atoms. The third-order valence-electron chi connectivity index (χ3n) is 1.46. The van der Waals surface area contributed by atoms with Crippen molar-refractivity contribution in [3.63, 3.8) is 0 Å². The molecule has 0 radical (unpaired) electrons. The average Bonchev–Trinajstić information content (AvgIpc) is 1.88. The lowest BCUT2D eigenvalue weighted by Crippen LogP contribution is -2.35. The van der Waals surface area contributed by atoms with Gasteiger partial charge in [0.25, 0.3) is 0 Å². The van der Waals surface area contributed by atoms with E-state index in [1.165, 1.54) is 0 Å². The Morgan fingerprint density at radius 3 is 2.80 bits per heavy atom. The lowest BCUT2D eigenvalue weighted by Gasteiger charge is -2.16. The quantitative estimate of drug-likeness (QED) is 0.466. The van der Waals surface area contributed by atoms with E-state index in [9.17, 15) is 0 Å². The van der Waals surface area contributed by atoms with Gasteiger partial charge in [-0.05, 0) is 18.6 Å². The predicted molar refractivity (Wildman–Crippen MR) is 42.0 cm³/mol. The van der Waals surface area contributed by atoms with E-state index in [2.05, 4.69) is 5.32 Å². The minimum absolute atomic E-state index is 0.0532. The van der Waals surface area contributed by atoms with Gasteiger partial charge in [0.05, 0.1) is 6.17 Å². The molecule has 2 atom stereocenters. The number of hydrogen-bond acceptors (Lipinski definition) is 3. The highest BCUT2D eigenvalue weighted by molar-refractivity contribution is 5.27. The molecule has 1 aliphatic rings. The summed E-state index contributed by atoms with van der Waals surface area (Å²) in [6, 6.07) is 0.0799. The van der Waals surface area contributed by atoms with Crippen LogP contribution >= 0.6 is 0 Å². The SMILES string of the molecule is CC(N)C1=CNC(N)C=C1. The maximum absolute atomic E-state index is 5.61. The first-order valence-electron chi connectivity index (χ1n) is 3.35. The Morgan fingerprint density at radius 2 is 2.40 bits per heavy atom. The Bertz CT molecular complexity index is 170. The average molecular weight is 139 g/mol.